The molecule has 0 saturated carbocycles. The third-order valence-corrected chi connectivity index (χ3v) is 4.83. The van der Waals surface area contributed by atoms with Gasteiger partial charge in [0.1, 0.15) is 0 Å². The highest BCUT2D eigenvalue weighted by Gasteiger charge is 1.96. The van der Waals surface area contributed by atoms with Gasteiger partial charge in [0, 0.05) is 6.54 Å². The van der Waals surface area contributed by atoms with E-state index in [1.807, 2.05) is 6.08 Å². The number of hydrogen-bond donors (Lipinski definition) is 0. The third-order valence-electron chi connectivity index (χ3n) is 4.83. The first kappa shape index (κ1) is 22.7. The molecule has 0 atom stereocenters. The standard InChI is InChI=1S/C22H45N/c1-4-6-7-8-9-10-11-12-13-14-15-16-17-18-19-20-22-23(3)21-5-2/h5H,2,4,6-22H2,1,3H3. The van der Waals surface area contributed by atoms with Crippen LogP contribution in [0.4, 0.5) is 0 Å². The van der Waals surface area contributed by atoms with Gasteiger partial charge >= 0.3 is 0 Å². The lowest BCUT2D eigenvalue weighted by Crippen LogP contribution is -2.19. The largest absolute Gasteiger partial charge is 0.303 e. The van der Waals surface area contributed by atoms with Crippen molar-refractivity contribution in [2.75, 3.05) is 20.1 Å². The monoisotopic (exact) mass is 323 g/mol. The van der Waals surface area contributed by atoms with Crippen molar-refractivity contribution in [3.05, 3.63) is 12.7 Å². The molecule has 0 aliphatic carbocycles. The molecule has 23 heavy (non-hydrogen) atoms. The summed E-state index contributed by atoms with van der Waals surface area (Å²) >= 11 is 0. The molecule has 0 unspecified atom stereocenters. The topological polar surface area (TPSA) is 3.24 Å². The van der Waals surface area contributed by atoms with Crippen molar-refractivity contribution < 1.29 is 0 Å². The Balaban J connectivity index is 3.01. The number of likely N-dealkylation sites (N-methyl/N-ethyl adjacent to an activating group) is 1. The third kappa shape index (κ3) is 19.7. The summed E-state index contributed by atoms with van der Waals surface area (Å²) < 4.78 is 0. The second kappa shape index (κ2) is 19.7. The van der Waals surface area contributed by atoms with Gasteiger partial charge in [-0.05, 0) is 20.0 Å². The van der Waals surface area contributed by atoms with Crippen LogP contribution < -0.4 is 0 Å². The first-order valence-electron chi connectivity index (χ1n) is 10.6. The van der Waals surface area contributed by atoms with Crippen LogP contribution in [-0.4, -0.2) is 25.0 Å². The second-order valence-electron chi connectivity index (χ2n) is 7.35. The molecule has 0 fully saturated rings. The Morgan fingerprint density at radius 1 is 0.609 bits per heavy atom. The van der Waals surface area contributed by atoms with Crippen molar-refractivity contribution in [3.8, 4) is 0 Å². The minimum absolute atomic E-state index is 1.03. The van der Waals surface area contributed by atoms with Crippen molar-refractivity contribution in [2.45, 2.75) is 110 Å². The van der Waals surface area contributed by atoms with Gasteiger partial charge in [0.15, 0.2) is 0 Å². The van der Waals surface area contributed by atoms with E-state index in [1.54, 1.807) is 0 Å². The number of unbranched alkanes of at least 4 members (excludes halogenated alkanes) is 15. The predicted molar refractivity (Wildman–Crippen MR) is 107 cm³/mol. The molecule has 0 bridgehead atoms. The van der Waals surface area contributed by atoms with Gasteiger partial charge in [-0.2, -0.15) is 0 Å². The second-order valence-corrected chi connectivity index (χ2v) is 7.35. The molecule has 0 rings (SSSR count). The minimum Gasteiger partial charge on any atom is -0.303 e. The van der Waals surface area contributed by atoms with E-state index in [0.717, 1.165) is 6.54 Å². The highest BCUT2D eigenvalue weighted by atomic mass is 15.1. The van der Waals surface area contributed by atoms with Gasteiger partial charge in [-0.15, -0.1) is 6.58 Å². The van der Waals surface area contributed by atoms with Crippen LogP contribution in [-0.2, 0) is 0 Å². The SMILES string of the molecule is C=CCN(C)CCCCCCCCCCCCCCCCCC. The molecular weight excluding hydrogens is 278 g/mol. The summed E-state index contributed by atoms with van der Waals surface area (Å²) in [5, 5.41) is 0. The average Bonchev–Trinajstić information content (AvgIpc) is 2.54. The molecule has 0 saturated heterocycles. The summed E-state index contributed by atoms with van der Waals surface area (Å²) in [5.74, 6) is 0. The van der Waals surface area contributed by atoms with Crippen molar-refractivity contribution in [3.63, 3.8) is 0 Å². The summed E-state index contributed by atoms with van der Waals surface area (Å²) in [6.45, 7) is 8.33. The number of nitrogens with zero attached hydrogens (tertiary/aromatic N) is 1. The quantitative estimate of drug-likeness (QED) is 0.177. The van der Waals surface area contributed by atoms with Crippen LogP contribution in [0.1, 0.15) is 110 Å². The van der Waals surface area contributed by atoms with Crippen LogP contribution in [0, 0.1) is 0 Å². The Hall–Kier alpha value is -0.300. The first-order valence-corrected chi connectivity index (χ1v) is 10.6. The lowest BCUT2D eigenvalue weighted by Gasteiger charge is -2.13. The van der Waals surface area contributed by atoms with E-state index in [1.165, 1.54) is 109 Å². The van der Waals surface area contributed by atoms with Gasteiger partial charge in [0.25, 0.3) is 0 Å². The van der Waals surface area contributed by atoms with E-state index in [-0.39, 0.29) is 0 Å². The Morgan fingerprint density at radius 3 is 1.30 bits per heavy atom. The van der Waals surface area contributed by atoms with Gasteiger partial charge in [-0.3, -0.25) is 0 Å². The zero-order valence-corrected chi connectivity index (χ0v) is 16.5. The lowest BCUT2D eigenvalue weighted by atomic mass is 10.0. The Labute approximate surface area is 147 Å². The van der Waals surface area contributed by atoms with Crippen LogP contribution in [0.5, 0.6) is 0 Å². The molecule has 0 N–H and O–H groups in total. The molecule has 0 heterocycles. The zero-order chi connectivity index (χ0) is 17.0. The number of rotatable bonds is 19. The molecule has 138 valence electrons. The van der Waals surface area contributed by atoms with E-state index >= 15 is 0 Å². The smallest absolute Gasteiger partial charge is 0.0157 e. The van der Waals surface area contributed by atoms with E-state index in [9.17, 15) is 0 Å². The summed E-state index contributed by atoms with van der Waals surface area (Å²) in [7, 11) is 2.19. The van der Waals surface area contributed by atoms with E-state index < -0.39 is 0 Å². The minimum atomic E-state index is 1.03. The van der Waals surface area contributed by atoms with E-state index in [4.69, 9.17) is 0 Å². The highest BCUT2D eigenvalue weighted by molar-refractivity contribution is 4.70. The molecular formula is C22H45N. The molecule has 1 nitrogen and oxygen atoms in total. The van der Waals surface area contributed by atoms with Crippen LogP contribution >= 0.6 is 0 Å². The van der Waals surface area contributed by atoms with Crippen LogP contribution in [0.2, 0.25) is 0 Å². The molecule has 0 aromatic rings. The van der Waals surface area contributed by atoms with Crippen molar-refractivity contribution in [1.82, 2.24) is 4.90 Å². The Bertz CT molecular complexity index is 224. The molecule has 0 amide bonds. The van der Waals surface area contributed by atoms with Crippen LogP contribution in [0.3, 0.4) is 0 Å². The average molecular weight is 324 g/mol. The number of hydrogen-bond acceptors (Lipinski definition) is 1. The maximum Gasteiger partial charge on any atom is 0.0157 e. The van der Waals surface area contributed by atoms with Crippen molar-refractivity contribution >= 4 is 0 Å². The summed E-state index contributed by atoms with van der Waals surface area (Å²) in [6, 6.07) is 0. The molecule has 0 spiro atoms. The maximum absolute atomic E-state index is 3.78. The van der Waals surface area contributed by atoms with Gasteiger partial charge < -0.3 is 4.90 Å². The van der Waals surface area contributed by atoms with Crippen LogP contribution in [0.15, 0.2) is 12.7 Å². The van der Waals surface area contributed by atoms with E-state index in [2.05, 4.69) is 25.5 Å². The summed E-state index contributed by atoms with van der Waals surface area (Å²) in [6.07, 6.45) is 25.1. The maximum atomic E-state index is 3.78. The highest BCUT2D eigenvalue weighted by Crippen LogP contribution is 2.13. The molecule has 0 radical (unpaired) electrons. The summed E-state index contributed by atoms with van der Waals surface area (Å²) in [4.78, 5) is 2.36. The van der Waals surface area contributed by atoms with Crippen molar-refractivity contribution in [2.24, 2.45) is 0 Å². The fourth-order valence-corrected chi connectivity index (χ4v) is 3.24. The van der Waals surface area contributed by atoms with Crippen molar-refractivity contribution in [1.29, 1.82) is 0 Å². The molecule has 1 heteroatoms. The first-order chi connectivity index (χ1) is 11.3. The Morgan fingerprint density at radius 2 is 0.957 bits per heavy atom. The zero-order valence-electron chi connectivity index (χ0n) is 16.5. The van der Waals surface area contributed by atoms with Crippen LogP contribution in [0.25, 0.3) is 0 Å². The van der Waals surface area contributed by atoms with Gasteiger partial charge in [0.05, 0.1) is 0 Å². The molecule has 0 aromatic heterocycles. The molecule has 0 aliphatic heterocycles. The fourth-order valence-electron chi connectivity index (χ4n) is 3.24. The lowest BCUT2D eigenvalue weighted by molar-refractivity contribution is 0.356. The van der Waals surface area contributed by atoms with E-state index in [0.29, 0.717) is 0 Å². The fraction of sp³-hybridized carbons (Fsp3) is 0.909. The predicted octanol–water partition coefficient (Wildman–Crippen LogP) is 7.37. The van der Waals surface area contributed by atoms with Gasteiger partial charge in [-0.1, -0.05) is 109 Å². The van der Waals surface area contributed by atoms with Gasteiger partial charge in [-0.25, -0.2) is 0 Å². The molecule has 0 aromatic carbocycles. The summed E-state index contributed by atoms with van der Waals surface area (Å²) in [5.41, 5.74) is 0. The molecule has 0 aliphatic rings. The Kier molecular flexibility index (Phi) is 19.5. The normalized spacial score (nSPS) is 11.3. The van der Waals surface area contributed by atoms with Gasteiger partial charge in [0.2, 0.25) is 0 Å².